The summed E-state index contributed by atoms with van der Waals surface area (Å²) >= 11 is 0. The Morgan fingerprint density at radius 2 is 2.38 bits per heavy atom. The van der Waals surface area contributed by atoms with Crippen LogP contribution in [0, 0.1) is 0 Å². The Morgan fingerprint density at radius 3 is 3.24 bits per heavy atom. The van der Waals surface area contributed by atoms with Crippen molar-refractivity contribution >= 4 is 16.8 Å². The first-order valence-corrected chi connectivity index (χ1v) is 7.73. The molecule has 5 nitrogen and oxygen atoms in total. The van der Waals surface area contributed by atoms with E-state index in [0.717, 1.165) is 56.1 Å². The maximum atomic E-state index is 5.87. The van der Waals surface area contributed by atoms with Gasteiger partial charge in [0.2, 0.25) is 5.89 Å². The predicted molar refractivity (Wildman–Crippen MR) is 83.0 cm³/mol. The molecule has 0 amide bonds. The van der Waals surface area contributed by atoms with Gasteiger partial charge in [-0.3, -0.25) is 4.90 Å². The van der Waals surface area contributed by atoms with E-state index in [0.29, 0.717) is 11.8 Å². The largest absolute Gasteiger partial charge is 0.439 e. The number of anilines is 1. The van der Waals surface area contributed by atoms with E-state index >= 15 is 0 Å². The van der Waals surface area contributed by atoms with Crippen molar-refractivity contribution in [2.24, 2.45) is 0 Å². The highest BCUT2D eigenvalue weighted by Gasteiger charge is 2.21. The minimum absolute atomic E-state index is 0.346. The molecular weight excluding hydrogens is 266 g/mol. The average Bonchev–Trinajstić information content (AvgIpc) is 2.86. The van der Waals surface area contributed by atoms with Gasteiger partial charge < -0.3 is 14.9 Å². The summed E-state index contributed by atoms with van der Waals surface area (Å²) in [5, 5.41) is 0. The van der Waals surface area contributed by atoms with E-state index in [1.54, 1.807) is 0 Å². The summed E-state index contributed by atoms with van der Waals surface area (Å²) in [6, 6.07) is 5.58. The number of nitrogen functional groups attached to an aromatic ring is 1. The van der Waals surface area contributed by atoms with Crippen LogP contribution >= 0.6 is 0 Å². The van der Waals surface area contributed by atoms with Crippen molar-refractivity contribution < 1.29 is 9.15 Å². The molecule has 2 N–H and O–H groups in total. The van der Waals surface area contributed by atoms with E-state index in [1.807, 2.05) is 18.2 Å². The van der Waals surface area contributed by atoms with Gasteiger partial charge in [0.1, 0.15) is 5.52 Å². The van der Waals surface area contributed by atoms with Gasteiger partial charge in [-0.25, -0.2) is 4.98 Å². The van der Waals surface area contributed by atoms with Gasteiger partial charge >= 0.3 is 0 Å². The summed E-state index contributed by atoms with van der Waals surface area (Å²) in [5.74, 6) is 0.756. The highest BCUT2D eigenvalue weighted by molar-refractivity contribution is 5.76. The molecule has 1 aromatic carbocycles. The molecule has 3 rings (SSSR count). The molecule has 1 atom stereocenters. The molecule has 0 aliphatic carbocycles. The Hall–Kier alpha value is -1.59. The number of nitrogens with two attached hydrogens (primary N) is 1. The second-order valence-corrected chi connectivity index (χ2v) is 5.70. The van der Waals surface area contributed by atoms with E-state index in [1.165, 1.54) is 6.42 Å². The molecule has 1 unspecified atom stereocenters. The fraction of sp³-hybridized carbons (Fsp3) is 0.562. The first kappa shape index (κ1) is 14.4. The normalized spacial score (nSPS) is 20.1. The van der Waals surface area contributed by atoms with Gasteiger partial charge in [0.15, 0.2) is 5.58 Å². The third kappa shape index (κ3) is 3.54. The Labute approximate surface area is 125 Å². The van der Waals surface area contributed by atoms with Crippen molar-refractivity contribution in [2.45, 2.75) is 38.8 Å². The van der Waals surface area contributed by atoms with Gasteiger partial charge in [-0.05, 0) is 37.9 Å². The highest BCUT2D eigenvalue weighted by atomic mass is 16.5. The summed E-state index contributed by atoms with van der Waals surface area (Å²) in [5.41, 5.74) is 8.11. The summed E-state index contributed by atoms with van der Waals surface area (Å²) in [6.45, 7) is 5.76. The number of fused-ring (bicyclic) bond motifs is 1. The minimum atomic E-state index is 0.346. The van der Waals surface area contributed by atoms with Crippen molar-refractivity contribution in [3.05, 3.63) is 24.1 Å². The quantitative estimate of drug-likeness (QED) is 0.857. The number of benzene rings is 1. The van der Waals surface area contributed by atoms with Gasteiger partial charge in [0, 0.05) is 24.9 Å². The molecule has 2 heterocycles. The van der Waals surface area contributed by atoms with Crippen LogP contribution < -0.4 is 5.73 Å². The molecule has 5 heteroatoms. The lowest BCUT2D eigenvalue weighted by molar-refractivity contribution is -0.00402. The Bertz CT molecular complexity index is 596. The molecule has 0 saturated carbocycles. The zero-order valence-electron chi connectivity index (χ0n) is 12.5. The van der Waals surface area contributed by atoms with Crippen LogP contribution in [0.1, 0.15) is 32.1 Å². The number of nitrogens with zero attached hydrogens (tertiary/aromatic N) is 2. The number of rotatable bonds is 5. The van der Waals surface area contributed by atoms with Gasteiger partial charge in [0.25, 0.3) is 0 Å². The van der Waals surface area contributed by atoms with Gasteiger partial charge in [-0.15, -0.1) is 0 Å². The van der Waals surface area contributed by atoms with Crippen LogP contribution in [0.4, 0.5) is 5.69 Å². The number of piperidine rings is 1. The first-order valence-electron chi connectivity index (χ1n) is 7.73. The Morgan fingerprint density at radius 1 is 1.48 bits per heavy atom. The van der Waals surface area contributed by atoms with Gasteiger partial charge in [0.05, 0.1) is 12.6 Å². The smallest absolute Gasteiger partial charge is 0.209 e. The molecule has 1 aliphatic rings. The van der Waals surface area contributed by atoms with Crippen LogP contribution in [0.25, 0.3) is 11.1 Å². The molecule has 114 valence electrons. The van der Waals surface area contributed by atoms with Crippen LogP contribution in [0.5, 0.6) is 0 Å². The van der Waals surface area contributed by atoms with E-state index < -0.39 is 0 Å². The number of oxazole rings is 1. The second-order valence-electron chi connectivity index (χ2n) is 5.70. The lowest BCUT2D eigenvalue weighted by atomic mass is 10.1. The zero-order valence-corrected chi connectivity index (χ0v) is 12.5. The SMILES string of the molecule is CCCOC1CCCN(Cc2nc3ccc(N)cc3o2)C1. The van der Waals surface area contributed by atoms with Crippen LogP contribution in [0.15, 0.2) is 22.6 Å². The van der Waals surface area contributed by atoms with Crippen LogP contribution in [-0.2, 0) is 11.3 Å². The maximum absolute atomic E-state index is 5.87. The zero-order chi connectivity index (χ0) is 14.7. The van der Waals surface area contributed by atoms with Crippen molar-refractivity contribution in [1.29, 1.82) is 0 Å². The average molecular weight is 289 g/mol. The lowest BCUT2D eigenvalue weighted by Crippen LogP contribution is -2.39. The molecule has 1 saturated heterocycles. The fourth-order valence-electron chi connectivity index (χ4n) is 2.83. The number of ether oxygens (including phenoxy) is 1. The van der Waals surface area contributed by atoms with E-state index in [9.17, 15) is 0 Å². The van der Waals surface area contributed by atoms with Crippen molar-refractivity contribution in [2.75, 3.05) is 25.4 Å². The van der Waals surface area contributed by atoms with Crippen molar-refractivity contribution in [3.63, 3.8) is 0 Å². The number of hydrogen-bond donors (Lipinski definition) is 1. The van der Waals surface area contributed by atoms with E-state index in [4.69, 9.17) is 14.9 Å². The predicted octanol–water partition coefficient (Wildman–Crippen LogP) is 2.80. The molecule has 0 spiro atoms. The first-order chi connectivity index (χ1) is 10.2. The maximum Gasteiger partial charge on any atom is 0.209 e. The molecular formula is C16H23N3O2. The summed E-state index contributed by atoms with van der Waals surface area (Å²) in [7, 11) is 0. The monoisotopic (exact) mass is 289 g/mol. The number of hydrogen-bond acceptors (Lipinski definition) is 5. The molecule has 0 bridgehead atoms. The molecule has 1 aromatic heterocycles. The standard InChI is InChI=1S/C16H23N3O2/c1-2-8-20-13-4-3-7-19(10-13)11-16-18-14-6-5-12(17)9-15(14)21-16/h5-6,9,13H,2-4,7-8,10-11,17H2,1H3. The highest BCUT2D eigenvalue weighted by Crippen LogP contribution is 2.21. The molecule has 0 radical (unpaired) electrons. The lowest BCUT2D eigenvalue weighted by Gasteiger charge is -2.31. The van der Waals surface area contributed by atoms with E-state index in [-0.39, 0.29) is 0 Å². The van der Waals surface area contributed by atoms with Gasteiger partial charge in [-0.2, -0.15) is 0 Å². The molecule has 1 fully saturated rings. The number of aromatic nitrogens is 1. The molecule has 21 heavy (non-hydrogen) atoms. The fourth-order valence-corrected chi connectivity index (χ4v) is 2.83. The van der Waals surface area contributed by atoms with Crippen LogP contribution in [0.2, 0.25) is 0 Å². The number of likely N-dealkylation sites (tertiary alicyclic amines) is 1. The van der Waals surface area contributed by atoms with Crippen molar-refractivity contribution in [3.8, 4) is 0 Å². The Balaban J connectivity index is 1.64. The Kier molecular flexibility index (Phi) is 4.41. The van der Waals surface area contributed by atoms with E-state index in [2.05, 4.69) is 16.8 Å². The van der Waals surface area contributed by atoms with Crippen molar-refractivity contribution in [1.82, 2.24) is 9.88 Å². The third-order valence-corrected chi connectivity index (χ3v) is 3.84. The second kappa shape index (κ2) is 6.45. The molecule has 1 aliphatic heterocycles. The summed E-state index contributed by atoms with van der Waals surface area (Å²) < 4.78 is 11.7. The summed E-state index contributed by atoms with van der Waals surface area (Å²) in [6.07, 6.45) is 3.74. The third-order valence-electron chi connectivity index (χ3n) is 3.84. The molecule has 2 aromatic rings. The topological polar surface area (TPSA) is 64.5 Å². The van der Waals surface area contributed by atoms with Crippen LogP contribution in [0.3, 0.4) is 0 Å². The van der Waals surface area contributed by atoms with Crippen LogP contribution in [-0.4, -0.2) is 35.7 Å². The summed E-state index contributed by atoms with van der Waals surface area (Å²) in [4.78, 5) is 6.89. The minimum Gasteiger partial charge on any atom is -0.439 e. The van der Waals surface area contributed by atoms with Gasteiger partial charge in [-0.1, -0.05) is 6.92 Å².